The summed E-state index contributed by atoms with van der Waals surface area (Å²) in [5.41, 5.74) is 8.16. The number of hydrogen-bond donors (Lipinski definition) is 0. The first-order valence-electron chi connectivity index (χ1n) is 11.1. The van der Waals surface area contributed by atoms with Gasteiger partial charge in [0, 0.05) is 0 Å². The zero-order valence-electron chi connectivity index (χ0n) is 20.9. The molecule has 0 aromatic heterocycles. The molecule has 8 heteroatoms. The third-order valence-corrected chi connectivity index (χ3v) is 9.29. The average molecular weight is 777 g/mol. The molecule has 0 fully saturated rings. The maximum Gasteiger partial charge on any atom is -1.00 e. The predicted octanol–water partition coefficient (Wildman–Crippen LogP) is 0.146. The Kier molecular flexibility index (Phi) is 12.7. The van der Waals surface area contributed by atoms with Gasteiger partial charge in [0.25, 0.3) is 0 Å². The van der Waals surface area contributed by atoms with Gasteiger partial charge in [0.05, 0.1) is 8.32 Å². The van der Waals surface area contributed by atoms with Gasteiger partial charge in [-0.05, 0) is 34.1 Å². The molecular weight excluding hydrogens is 750 g/mol. The number of fused-ring (bicyclic) bond motifs is 4. The van der Waals surface area contributed by atoms with E-state index in [0.717, 1.165) is 0 Å². The zero-order valence-corrected chi connectivity index (χ0v) is 30.7. The number of rotatable bonds is 0. The van der Waals surface area contributed by atoms with Crippen LogP contribution < -0.4 is 45.7 Å². The molecule has 4 aliphatic rings. The summed E-state index contributed by atoms with van der Waals surface area (Å²) < 4.78 is 0.859. The van der Waals surface area contributed by atoms with E-state index in [0.29, 0.717) is 8.32 Å². The fourth-order valence-electron chi connectivity index (χ4n) is 4.33. The summed E-state index contributed by atoms with van der Waals surface area (Å²) >= 11 is 12.7. The van der Waals surface area contributed by atoms with Crippen LogP contribution in [0, 0.1) is 13.8 Å². The molecule has 2 heterocycles. The molecule has 0 saturated carbocycles. The predicted molar refractivity (Wildman–Crippen MR) is 159 cm³/mol. The van der Waals surface area contributed by atoms with Crippen molar-refractivity contribution in [1.29, 1.82) is 0 Å². The molecule has 2 aliphatic heterocycles. The van der Waals surface area contributed by atoms with Crippen molar-refractivity contribution in [2.75, 3.05) is 0 Å². The second kappa shape index (κ2) is 13.9. The standard InChI is InChI=1S/2C13H10BrS.C2H6Si.2ClH.Zr/c2*1-7-3-9-5-12-11(6-13(14)15-12)8(2)10(9)4-7;1-3-2;;;/h2*4-6,13H,1-2H3;1-2H3;2*1H;/q2*-1;;;;+2/p-2. The summed E-state index contributed by atoms with van der Waals surface area (Å²) in [6, 6.07) is 4.51. The quantitative estimate of drug-likeness (QED) is 0.213. The molecule has 36 heavy (non-hydrogen) atoms. The van der Waals surface area contributed by atoms with Gasteiger partial charge in [-0.3, -0.25) is 0 Å². The van der Waals surface area contributed by atoms with Crippen molar-refractivity contribution in [3.05, 3.63) is 66.4 Å². The van der Waals surface area contributed by atoms with Gasteiger partial charge in [0.2, 0.25) is 0 Å². The Morgan fingerprint density at radius 2 is 1.08 bits per heavy atom. The molecule has 0 saturated heterocycles. The van der Waals surface area contributed by atoms with Crippen LogP contribution in [0.1, 0.15) is 36.1 Å². The van der Waals surface area contributed by atoms with E-state index >= 15 is 0 Å². The van der Waals surface area contributed by atoms with Gasteiger partial charge in [-0.1, -0.05) is 69.0 Å². The van der Waals surface area contributed by atoms with Crippen LogP contribution in [0.15, 0.2) is 33.1 Å². The van der Waals surface area contributed by atoms with E-state index in [4.69, 9.17) is 0 Å². The molecule has 2 unspecified atom stereocenters. The summed E-state index contributed by atoms with van der Waals surface area (Å²) in [6.07, 6.45) is 15.8. The van der Waals surface area contributed by atoms with Gasteiger partial charge in [-0.25, -0.2) is 0 Å². The van der Waals surface area contributed by atoms with Crippen molar-refractivity contribution in [2.45, 2.75) is 58.9 Å². The molecule has 188 valence electrons. The second-order valence-electron chi connectivity index (χ2n) is 8.93. The van der Waals surface area contributed by atoms with E-state index < -0.39 is 0 Å². The molecule has 2 aromatic carbocycles. The maximum absolute atomic E-state index is 3.63. The van der Waals surface area contributed by atoms with Crippen molar-refractivity contribution in [2.24, 2.45) is 0 Å². The first kappa shape index (κ1) is 32.9. The largest absolute Gasteiger partial charge is 1.00 e. The monoisotopic (exact) mass is 772 g/mol. The van der Waals surface area contributed by atoms with Gasteiger partial charge >= 0.3 is 41.9 Å². The van der Waals surface area contributed by atoms with Crippen LogP contribution in [0.25, 0.3) is 36.5 Å². The van der Waals surface area contributed by atoms with Crippen LogP contribution in [-0.2, 0) is 23.3 Å². The second-order valence-corrected chi connectivity index (χ2v) is 23.9. The number of hydrogen-bond acceptors (Lipinski definition) is 2. The van der Waals surface area contributed by atoms with Crippen LogP contribution in [0.4, 0.5) is 0 Å². The minimum absolute atomic E-state index is 0. The van der Waals surface area contributed by atoms with E-state index in [1.54, 1.807) is 23.3 Å². The smallest absolute Gasteiger partial charge is 1.00 e. The van der Waals surface area contributed by atoms with Gasteiger partial charge in [-0.2, -0.15) is 22.6 Å². The van der Waals surface area contributed by atoms with E-state index in [2.05, 4.69) is 121 Å². The Morgan fingerprint density at radius 3 is 1.42 bits per heavy atom. The molecule has 2 aromatic rings. The molecule has 2 atom stereocenters. The zero-order chi connectivity index (χ0) is 24.7. The summed E-state index contributed by atoms with van der Waals surface area (Å²) in [7, 11) is 0. The van der Waals surface area contributed by atoms with Crippen LogP contribution in [0.5, 0.6) is 0 Å². The SMILES string of the molecule is CC1=Cc2c(C)c3c(cc2=[C-]1)SC(Br)C=3.CC1=Cc2c(C)c3c(cc2=[C-]1)SC(Br)C=3.C[Si](C)=[Zr+2].[Cl-].[Cl-]. The molecule has 0 radical (unpaired) electrons. The fraction of sp³-hybridized carbons (Fsp3) is 0.286. The van der Waals surface area contributed by atoms with Gasteiger partial charge in [-0.15, -0.1) is 70.1 Å². The van der Waals surface area contributed by atoms with Crippen molar-refractivity contribution in [3.8, 4) is 0 Å². The molecule has 2 aliphatic carbocycles. The molecule has 0 amide bonds. The molecule has 0 bridgehead atoms. The first-order chi connectivity index (χ1) is 16.0. The summed E-state index contributed by atoms with van der Waals surface area (Å²) in [6.45, 7) is 13.2. The minimum Gasteiger partial charge on any atom is -1.00 e. The van der Waals surface area contributed by atoms with Crippen LogP contribution in [0.2, 0.25) is 13.1 Å². The first-order valence-corrected chi connectivity index (χ1v) is 20.9. The fourth-order valence-corrected chi connectivity index (χ4v) is 8.03. The van der Waals surface area contributed by atoms with E-state index in [1.807, 2.05) is 23.5 Å². The van der Waals surface area contributed by atoms with Crippen LogP contribution >= 0.6 is 55.4 Å². The molecule has 6 rings (SSSR count). The number of alkyl halides is 2. The number of benzene rings is 2. The van der Waals surface area contributed by atoms with Crippen molar-refractivity contribution < 1.29 is 48.1 Å². The normalized spacial score (nSPS) is 18.7. The minimum atomic E-state index is 0. The average Bonchev–Trinajstić information content (AvgIpc) is 3.47. The van der Waals surface area contributed by atoms with E-state index in [1.165, 1.54) is 64.1 Å². The Bertz CT molecular complexity index is 1420. The van der Waals surface area contributed by atoms with Crippen LogP contribution in [-0.4, -0.2) is 13.8 Å². The molecule has 0 spiro atoms. The van der Waals surface area contributed by atoms with Crippen molar-refractivity contribution in [1.82, 2.24) is 0 Å². The molecular formula is C28H26Br2Cl2S2SiZr-2. The Balaban J connectivity index is 0.000000211. The van der Waals surface area contributed by atoms with Gasteiger partial charge in [0.15, 0.2) is 0 Å². The summed E-state index contributed by atoms with van der Waals surface area (Å²) in [5, 5.41) is 5.30. The topological polar surface area (TPSA) is 0 Å². The Hall–Kier alpha value is 0.740. The molecule has 0 N–H and O–H groups in total. The Morgan fingerprint density at radius 1 is 0.750 bits per heavy atom. The molecule has 0 nitrogen and oxygen atoms in total. The third-order valence-electron chi connectivity index (χ3n) is 5.74. The van der Waals surface area contributed by atoms with E-state index in [-0.39, 0.29) is 30.2 Å². The number of allylic oxidation sites excluding steroid dienone is 2. The van der Waals surface area contributed by atoms with Crippen molar-refractivity contribution in [3.63, 3.8) is 0 Å². The maximum atomic E-state index is 3.63. The summed E-state index contributed by atoms with van der Waals surface area (Å²) in [4.78, 5) is 2.76. The number of halogens is 4. The Labute approximate surface area is 267 Å². The van der Waals surface area contributed by atoms with Gasteiger partial charge < -0.3 is 24.8 Å². The summed E-state index contributed by atoms with van der Waals surface area (Å²) in [5.74, 6) is 0. The van der Waals surface area contributed by atoms with Gasteiger partial charge in [0.1, 0.15) is 0 Å². The number of thioether (sulfide) groups is 2. The van der Waals surface area contributed by atoms with E-state index in [9.17, 15) is 0 Å². The third kappa shape index (κ3) is 7.47. The van der Waals surface area contributed by atoms with Crippen LogP contribution in [0.3, 0.4) is 0 Å². The van der Waals surface area contributed by atoms with Crippen molar-refractivity contribution >= 4 is 97.3 Å².